The lowest BCUT2D eigenvalue weighted by Crippen LogP contribution is -2.54. The van der Waals surface area contributed by atoms with Crippen LogP contribution in [0.15, 0.2) is 17.2 Å². The van der Waals surface area contributed by atoms with Crippen molar-refractivity contribution < 1.29 is 13.2 Å². The normalized spacial score (nSPS) is 12.3. The van der Waals surface area contributed by atoms with Crippen molar-refractivity contribution in [3.8, 4) is 0 Å². The average Bonchev–Trinajstić information content (AvgIpc) is 2.30. The summed E-state index contributed by atoms with van der Waals surface area (Å²) in [5.74, 6) is -0.347. The fraction of sp³-hybridized carbons (Fsp3) is 0.500. The van der Waals surface area contributed by atoms with Gasteiger partial charge in [0.15, 0.2) is 0 Å². The van der Waals surface area contributed by atoms with Crippen molar-refractivity contribution >= 4 is 27.5 Å². The summed E-state index contributed by atoms with van der Waals surface area (Å²) in [5.41, 5.74) is -0.707. The van der Waals surface area contributed by atoms with Crippen molar-refractivity contribution in [1.82, 2.24) is 14.6 Å². The summed E-state index contributed by atoms with van der Waals surface area (Å²) in [6.45, 7) is 4.66. The van der Waals surface area contributed by atoms with Crippen LogP contribution in [0.25, 0.3) is 0 Å². The van der Waals surface area contributed by atoms with E-state index >= 15 is 0 Å². The van der Waals surface area contributed by atoms with Crippen molar-refractivity contribution in [1.29, 1.82) is 0 Å². The van der Waals surface area contributed by atoms with Crippen molar-refractivity contribution in [2.45, 2.75) is 31.2 Å². The lowest BCUT2D eigenvalue weighted by Gasteiger charge is -2.27. The van der Waals surface area contributed by atoms with Gasteiger partial charge >= 0.3 is 0 Å². The van der Waals surface area contributed by atoms with Crippen LogP contribution < -0.4 is 4.72 Å². The molecule has 112 valence electrons. The number of aromatic nitrogens is 1. The Kier molecular flexibility index (Phi) is 4.78. The molecule has 0 unspecified atom stereocenters. The van der Waals surface area contributed by atoms with Gasteiger partial charge < -0.3 is 4.90 Å². The summed E-state index contributed by atoms with van der Waals surface area (Å²) >= 11 is 5.77. The molecule has 0 spiro atoms. The van der Waals surface area contributed by atoms with E-state index in [1.807, 2.05) is 0 Å². The molecular formula is C12H18ClN3O3S. The number of pyridine rings is 1. The Morgan fingerprint density at radius 1 is 1.40 bits per heavy atom. The number of nitrogens with one attached hydrogen (secondary N) is 1. The highest BCUT2D eigenvalue weighted by atomic mass is 35.5. The predicted molar refractivity (Wildman–Crippen MR) is 77.1 cm³/mol. The number of halogens is 1. The van der Waals surface area contributed by atoms with E-state index in [-0.39, 0.29) is 16.0 Å². The standard InChI is InChI=1S/C12H18ClN3O3S/c1-8-6-9(7-14-10(8)13)20(18,19)15-12(2,3)11(17)16(4)5/h6-7,15H,1-5H3. The van der Waals surface area contributed by atoms with E-state index in [1.165, 1.54) is 24.8 Å². The summed E-state index contributed by atoms with van der Waals surface area (Å²) in [6.07, 6.45) is 1.16. The van der Waals surface area contributed by atoms with E-state index in [4.69, 9.17) is 11.6 Å². The summed E-state index contributed by atoms with van der Waals surface area (Å²) in [5, 5.41) is 0.243. The fourth-order valence-electron chi connectivity index (χ4n) is 1.68. The number of sulfonamides is 1. The molecule has 0 aliphatic heterocycles. The molecule has 0 radical (unpaired) electrons. The van der Waals surface area contributed by atoms with Crippen LogP contribution in [0.2, 0.25) is 5.15 Å². The number of hydrogen-bond acceptors (Lipinski definition) is 4. The molecule has 1 heterocycles. The number of carbonyl (C=O) groups is 1. The molecule has 1 amide bonds. The Morgan fingerprint density at radius 2 is 1.95 bits per heavy atom. The number of rotatable bonds is 4. The number of aryl methyl sites for hydroxylation is 1. The third-order valence-electron chi connectivity index (χ3n) is 2.63. The third kappa shape index (κ3) is 3.68. The zero-order chi connectivity index (χ0) is 15.7. The van der Waals surface area contributed by atoms with Crippen molar-refractivity contribution in [2.24, 2.45) is 0 Å². The molecule has 0 aromatic carbocycles. The maximum atomic E-state index is 12.3. The van der Waals surface area contributed by atoms with E-state index in [0.29, 0.717) is 5.56 Å². The molecule has 6 nitrogen and oxygen atoms in total. The Hall–Kier alpha value is -1.18. The van der Waals surface area contributed by atoms with Crippen LogP contribution >= 0.6 is 11.6 Å². The summed E-state index contributed by atoms with van der Waals surface area (Å²) < 4.78 is 26.9. The highest BCUT2D eigenvalue weighted by Gasteiger charge is 2.34. The highest BCUT2D eigenvalue weighted by Crippen LogP contribution is 2.18. The Bertz CT molecular complexity index is 627. The SMILES string of the molecule is Cc1cc(S(=O)(=O)NC(C)(C)C(=O)N(C)C)cnc1Cl. The van der Waals surface area contributed by atoms with Gasteiger partial charge in [0.2, 0.25) is 15.9 Å². The van der Waals surface area contributed by atoms with Crippen LogP contribution in [0, 0.1) is 6.92 Å². The van der Waals surface area contributed by atoms with Gasteiger partial charge in [-0.25, -0.2) is 13.4 Å². The Balaban J connectivity index is 3.12. The molecule has 1 aromatic heterocycles. The minimum atomic E-state index is -3.85. The van der Waals surface area contributed by atoms with Gasteiger partial charge in [-0.05, 0) is 32.4 Å². The van der Waals surface area contributed by atoms with Crippen molar-refractivity contribution in [2.75, 3.05) is 14.1 Å². The summed E-state index contributed by atoms with van der Waals surface area (Å²) in [7, 11) is -0.731. The number of hydrogen-bond donors (Lipinski definition) is 1. The van der Waals surface area contributed by atoms with Crippen molar-refractivity contribution in [3.05, 3.63) is 23.0 Å². The van der Waals surface area contributed by atoms with Gasteiger partial charge in [0, 0.05) is 20.3 Å². The average molecular weight is 320 g/mol. The van der Waals surface area contributed by atoms with Crippen LogP contribution in [0.4, 0.5) is 0 Å². The first-order valence-corrected chi connectivity index (χ1v) is 7.71. The number of carbonyl (C=O) groups excluding carboxylic acids is 1. The maximum absolute atomic E-state index is 12.3. The second kappa shape index (κ2) is 5.67. The molecular weight excluding hydrogens is 302 g/mol. The van der Waals surface area contributed by atoms with E-state index < -0.39 is 15.6 Å². The minimum absolute atomic E-state index is 0.0287. The summed E-state index contributed by atoms with van der Waals surface area (Å²) in [6, 6.07) is 1.41. The molecule has 0 fully saturated rings. The quantitative estimate of drug-likeness (QED) is 0.845. The van der Waals surface area contributed by atoms with Crippen LogP contribution in [0.5, 0.6) is 0 Å². The van der Waals surface area contributed by atoms with Gasteiger partial charge in [-0.3, -0.25) is 4.79 Å². The van der Waals surface area contributed by atoms with E-state index in [9.17, 15) is 13.2 Å². The molecule has 8 heteroatoms. The lowest BCUT2D eigenvalue weighted by atomic mass is 10.1. The predicted octanol–water partition coefficient (Wildman–Crippen LogP) is 1.19. The lowest BCUT2D eigenvalue weighted by molar-refractivity contribution is -0.133. The monoisotopic (exact) mass is 319 g/mol. The molecule has 1 N–H and O–H groups in total. The fourth-order valence-corrected chi connectivity index (χ4v) is 3.18. The van der Waals surface area contributed by atoms with Gasteiger partial charge in [-0.1, -0.05) is 11.6 Å². The van der Waals surface area contributed by atoms with Crippen molar-refractivity contribution in [3.63, 3.8) is 0 Å². The first kappa shape index (κ1) is 16.9. The largest absolute Gasteiger partial charge is 0.347 e. The highest BCUT2D eigenvalue weighted by molar-refractivity contribution is 7.89. The number of likely N-dealkylation sites (N-methyl/N-ethyl adjacent to an activating group) is 1. The van der Waals surface area contributed by atoms with Gasteiger partial charge in [0.1, 0.15) is 15.6 Å². The zero-order valence-corrected chi connectivity index (χ0v) is 13.6. The molecule has 0 aliphatic rings. The molecule has 0 saturated carbocycles. The Labute approximate surface area is 124 Å². The van der Waals surface area contributed by atoms with E-state index in [0.717, 1.165) is 6.20 Å². The smallest absolute Gasteiger partial charge is 0.243 e. The first-order chi connectivity index (χ1) is 8.97. The van der Waals surface area contributed by atoms with E-state index in [2.05, 4.69) is 9.71 Å². The minimum Gasteiger partial charge on any atom is -0.347 e. The Morgan fingerprint density at radius 3 is 2.40 bits per heavy atom. The molecule has 0 saturated heterocycles. The van der Waals surface area contributed by atoms with Crippen LogP contribution in [0.1, 0.15) is 19.4 Å². The summed E-state index contributed by atoms with van der Waals surface area (Å²) in [4.78, 5) is 17.1. The second-order valence-electron chi connectivity index (χ2n) is 5.21. The molecule has 0 bridgehead atoms. The third-order valence-corrected chi connectivity index (χ3v) is 4.65. The first-order valence-electron chi connectivity index (χ1n) is 5.85. The number of amides is 1. The van der Waals surface area contributed by atoms with Crippen LogP contribution in [0.3, 0.4) is 0 Å². The molecule has 1 rings (SSSR count). The molecule has 0 atom stereocenters. The second-order valence-corrected chi connectivity index (χ2v) is 7.25. The zero-order valence-electron chi connectivity index (χ0n) is 12.1. The number of nitrogens with zero attached hydrogens (tertiary/aromatic N) is 2. The van der Waals surface area contributed by atoms with Gasteiger partial charge in [-0.15, -0.1) is 0 Å². The van der Waals surface area contributed by atoms with E-state index in [1.54, 1.807) is 21.0 Å². The van der Waals surface area contributed by atoms with Gasteiger partial charge in [0.25, 0.3) is 0 Å². The van der Waals surface area contributed by atoms with Gasteiger partial charge in [0.05, 0.1) is 0 Å². The molecule has 1 aromatic rings. The van der Waals surface area contributed by atoms with Crippen LogP contribution in [-0.4, -0.2) is 43.8 Å². The maximum Gasteiger partial charge on any atom is 0.243 e. The molecule has 0 aliphatic carbocycles. The van der Waals surface area contributed by atoms with Crippen LogP contribution in [-0.2, 0) is 14.8 Å². The molecule has 20 heavy (non-hydrogen) atoms. The van der Waals surface area contributed by atoms with Gasteiger partial charge in [-0.2, -0.15) is 4.72 Å². The topological polar surface area (TPSA) is 79.4 Å².